The number of benzene rings is 1. The first-order valence-electron chi connectivity index (χ1n) is 7.77. The van der Waals surface area contributed by atoms with Crippen LogP contribution in [-0.4, -0.2) is 42.3 Å². The Labute approximate surface area is 159 Å². The van der Waals surface area contributed by atoms with Crippen LogP contribution in [0.1, 0.15) is 18.6 Å². The topological polar surface area (TPSA) is 84.6 Å². The van der Waals surface area contributed by atoms with Gasteiger partial charge in [0, 0.05) is 13.0 Å². The van der Waals surface area contributed by atoms with Crippen LogP contribution < -0.4 is 15.4 Å². The summed E-state index contributed by atoms with van der Waals surface area (Å²) < 4.78 is 10.7. The molecule has 0 saturated carbocycles. The number of hydrogen-bond acceptors (Lipinski definition) is 5. The molecule has 0 aliphatic rings. The number of nitrogens with one attached hydrogen (secondary N) is 2. The second kappa shape index (κ2) is 11.7. The summed E-state index contributed by atoms with van der Waals surface area (Å²) in [6, 6.07) is 9.74. The minimum atomic E-state index is 0. The molecule has 0 spiro atoms. The Morgan fingerprint density at radius 2 is 2.04 bits per heavy atom. The highest BCUT2D eigenvalue weighted by molar-refractivity contribution is 14.0. The Hall–Kier alpha value is -1.84. The standard InChI is InChI=1S/C16H23N5O2.HI/c1-3-17-16(18-10-9-15-20-13(2)21-23-15)19-11-12-22-14-7-5-4-6-8-14;/h4-8H,3,9-12H2,1-2H3,(H2,17,18,19);1H. The second-order valence-electron chi connectivity index (χ2n) is 4.83. The smallest absolute Gasteiger partial charge is 0.228 e. The summed E-state index contributed by atoms with van der Waals surface area (Å²) in [6.07, 6.45) is 0.623. The third-order valence-corrected chi connectivity index (χ3v) is 2.92. The van der Waals surface area contributed by atoms with E-state index in [1.54, 1.807) is 6.92 Å². The van der Waals surface area contributed by atoms with E-state index in [2.05, 4.69) is 25.8 Å². The molecule has 1 heterocycles. The van der Waals surface area contributed by atoms with Crippen LogP contribution in [0.3, 0.4) is 0 Å². The highest BCUT2D eigenvalue weighted by Crippen LogP contribution is 2.07. The number of guanidine groups is 1. The zero-order valence-electron chi connectivity index (χ0n) is 14.0. The van der Waals surface area contributed by atoms with Gasteiger partial charge in [-0.05, 0) is 26.0 Å². The Bertz CT molecular complexity index is 604. The van der Waals surface area contributed by atoms with Crippen LogP contribution in [-0.2, 0) is 6.42 Å². The van der Waals surface area contributed by atoms with Crippen molar-refractivity contribution in [3.8, 4) is 5.75 Å². The Morgan fingerprint density at radius 1 is 1.25 bits per heavy atom. The summed E-state index contributed by atoms with van der Waals surface area (Å²) in [5, 5.41) is 10.2. The van der Waals surface area contributed by atoms with Crippen molar-refractivity contribution < 1.29 is 9.26 Å². The van der Waals surface area contributed by atoms with Gasteiger partial charge in [0.05, 0.1) is 13.1 Å². The Morgan fingerprint density at radius 3 is 2.71 bits per heavy atom. The highest BCUT2D eigenvalue weighted by atomic mass is 127. The van der Waals surface area contributed by atoms with Crippen molar-refractivity contribution in [2.75, 3.05) is 26.2 Å². The molecule has 2 rings (SSSR count). The quantitative estimate of drug-likeness (QED) is 0.281. The molecule has 2 N–H and O–H groups in total. The SMILES string of the molecule is CCNC(=NCCc1nc(C)no1)NCCOc1ccccc1.I. The summed E-state index contributed by atoms with van der Waals surface area (Å²) in [5.41, 5.74) is 0. The van der Waals surface area contributed by atoms with Gasteiger partial charge >= 0.3 is 0 Å². The summed E-state index contributed by atoms with van der Waals surface area (Å²) in [5.74, 6) is 2.87. The average molecular weight is 445 g/mol. The maximum absolute atomic E-state index is 5.63. The fourth-order valence-electron chi connectivity index (χ4n) is 1.90. The number of aliphatic imine (C=N–C) groups is 1. The lowest BCUT2D eigenvalue weighted by Gasteiger charge is -2.11. The first-order valence-corrected chi connectivity index (χ1v) is 7.77. The zero-order valence-corrected chi connectivity index (χ0v) is 16.3. The molecule has 0 atom stereocenters. The molecule has 24 heavy (non-hydrogen) atoms. The molecular weight excluding hydrogens is 421 g/mol. The third-order valence-electron chi connectivity index (χ3n) is 2.92. The maximum Gasteiger partial charge on any atom is 0.228 e. The number of hydrogen-bond donors (Lipinski definition) is 2. The Balaban J connectivity index is 0.00000288. The van der Waals surface area contributed by atoms with Crippen molar-refractivity contribution in [2.24, 2.45) is 4.99 Å². The van der Waals surface area contributed by atoms with Crippen LogP contribution in [0.15, 0.2) is 39.8 Å². The molecule has 1 aromatic carbocycles. The molecule has 2 aromatic rings. The van der Waals surface area contributed by atoms with E-state index in [0.29, 0.717) is 37.8 Å². The van der Waals surface area contributed by atoms with E-state index >= 15 is 0 Å². The minimum Gasteiger partial charge on any atom is -0.492 e. The van der Waals surface area contributed by atoms with Gasteiger partial charge < -0.3 is 19.9 Å². The fraction of sp³-hybridized carbons (Fsp3) is 0.438. The van der Waals surface area contributed by atoms with E-state index in [9.17, 15) is 0 Å². The molecule has 0 amide bonds. The molecule has 132 valence electrons. The van der Waals surface area contributed by atoms with Gasteiger partial charge in [-0.15, -0.1) is 24.0 Å². The summed E-state index contributed by atoms with van der Waals surface area (Å²) >= 11 is 0. The molecule has 0 unspecified atom stereocenters. The van der Waals surface area contributed by atoms with Gasteiger partial charge in [0.2, 0.25) is 5.89 Å². The van der Waals surface area contributed by atoms with Gasteiger partial charge in [-0.25, -0.2) is 0 Å². The first-order chi connectivity index (χ1) is 11.3. The van der Waals surface area contributed by atoms with Crippen molar-refractivity contribution in [1.82, 2.24) is 20.8 Å². The number of aryl methyl sites for hydroxylation is 1. The predicted octanol–water partition coefficient (Wildman–Crippen LogP) is 2.17. The van der Waals surface area contributed by atoms with Gasteiger partial charge in [-0.3, -0.25) is 4.99 Å². The molecule has 0 bridgehead atoms. The van der Waals surface area contributed by atoms with Gasteiger partial charge in [0.15, 0.2) is 11.8 Å². The van der Waals surface area contributed by atoms with E-state index < -0.39 is 0 Å². The number of para-hydroxylation sites is 1. The molecule has 0 aliphatic heterocycles. The van der Waals surface area contributed by atoms with Crippen LogP contribution in [0.2, 0.25) is 0 Å². The largest absolute Gasteiger partial charge is 0.492 e. The van der Waals surface area contributed by atoms with Crippen molar-refractivity contribution in [3.63, 3.8) is 0 Å². The normalized spacial score (nSPS) is 10.8. The predicted molar refractivity (Wildman–Crippen MR) is 104 cm³/mol. The Kier molecular flexibility index (Phi) is 9.81. The van der Waals surface area contributed by atoms with Crippen molar-refractivity contribution in [1.29, 1.82) is 0 Å². The van der Waals surface area contributed by atoms with E-state index in [1.165, 1.54) is 0 Å². The van der Waals surface area contributed by atoms with Crippen molar-refractivity contribution in [3.05, 3.63) is 42.0 Å². The van der Waals surface area contributed by atoms with E-state index in [0.717, 1.165) is 18.3 Å². The molecule has 0 aliphatic carbocycles. The van der Waals surface area contributed by atoms with Crippen LogP contribution >= 0.6 is 24.0 Å². The zero-order chi connectivity index (χ0) is 16.3. The molecule has 8 heteroatoms. The lowest BCUT2D eigenvalue weighted by Crippen LogP contribution is -2.39. The minimum absolute atomic E-state index is 0. The van der Waals surface area contributed by atoms with E-state index in [1.807, 2.05) is 37.3 Å². The summed E-state index contributed by atoms with van der Waals surface area (Å²) in [7, 11) is 0. The van der Waals surface area contributed by atoms with Gasteiger partial charge in [0.1, 0.15) is 12.4 Å². The van der Waals surface area contributed by atoms with Crippen LogP contribution in [0, 0.1) is 6.92 Å². The molecule has 0 radical (unpaired) electrons. The monoisotopic (exact) mass is 445 g/mol. The van der Waals surface area contributed by atoms with Crippen LogP contribution in [0.25, 0.3) is 0 Å². The van der Waals surface area contributed by atoms with Gasteiger partial charge in [0.25, 0.3) is 0 Å². The number of halogens is 1. The summed E-state index contributed by atoms with van der Waals surface area (Å²) in [6.45, 7) is 6.44. The van der Waals surface area contributed by atoms with Gasteiger partial charge in [-0.2, -0.15) is 4.98 Å². The second-order valence-corrected chi connectivity index (χ2v) is 4.83. The molecule has 0 saturated heterocycles. The first kappa shape index (κ1) is 20.2. The van der Waals surface area contributed by atoms with Crippen LogP contribution in [0.5, 0.6) is 5.75 Å². The number of nitrogens with zero attached hydrogens (tertiary/aromatic N) is 3. The fourth-order valence-corrected chi connectivity index (χ4v) is 1.90. The van der Waals surface area contributed by atoms with Crippen molar-refractivity contribution >= 4 is 29.9 Å². The van der Waals surface area contributed by atoms with E-state index in [4.69, 9.17) is 9.26 Å². The third kappa shape index (κ3) is 7.62. The maximum atomic E-state index is 5.63. The van der Waals surface area contributed by atoms with E-state index in [-0.39, 0.29) is 24.0 Å². The molecule has 1 aromatic heterocycles. The van der Waals surface area contributed by atoms with Gasteiger partial charge in [-0.1, -0.05) is 23.4 Å². The average Bonchev–Trinajstić information content (AvgIpc) is 2.98. The molecular formula is C16H24IN5O2. The molecule has 0 fully saturated rings. The van der Waals surface area contributed by atoms with Crippen LogP contribution in [0.4, 0.5) is 0 Å². The van der Waals surface area contributed by atoms with Crippen molar-refractivity contribution in [2.45, 2.75) is 20.3 Å². The summed E-state index contributed by atoms with van der Waals surface area (Å²) in [4.78, 5) is 8.63. The number of rotatable bonds is 8. The highest BCUT2D eigenvalue weighted by Gasteiger charge is 2.02. The lowest BCUT2D eigenvalue weighted by atomic mass is 10.3. The number of aromatic nitrogens is 2. The lowest BCUT2D eigenvalue weighted by molar-refractivity contribution is 0.322. The number of ether oxygens (including phenoxy) is 1. The molecule has 7 nitrogen and oxygen atoms in total.